The highest BCUT2D eigenvalue weighted by atomic mass is 32.2. The minimum absolute atomic E-state index is 0.0749. The molecule has 1 aliphatic carbocycles. The third-order valence-electron chi connectivity index (χ3n) is 4.06. The van der Waals surface area contributed by atoms with Gasteiger partial charge in [-0.1, -0.05) is 19.3 Å². The fourth-order valence-electron chi connectivity index (χ4n) is 3.09. The number of rotatable bonds is 4. The van der Waals surface area contributed by atoms with E-state index < -0.39 is 21.3 Å². The average Bonchev–Trinajstić information content (AvgIpc) is 2.68. The van der Waals surface area contributed by atoms with Crippen molar-refractivity contribution >= 4 is 15.8 Å². The molecule has 0 amide bonds. The van der Waals surface area contributed by atoms with Crippen LogP contribution in [0, 0.1) is 0 Å². The van der Waals surface area contributed by atoms with E-state index in [-0.39, 0.29) is 24.2 Å². The molecular formula is C13H23NO4S. The van der Waals surface area contributed by atoms with Gasteiger partial charge in [-0.25, -0.2) is 8.42 Å². The number of ether oxygens (including phenoxy) is 1. The van der Waals surface area contributed by atoms with Crippen molar-refractivity contribution in [2.75, 3.05) is 18.1 Å². The fraction of sp³-hybridized carbons (Fsp3) is 0.923. The highest BCUT2D eigenvalue weighted by Gasteiger charge is 2.50. The van der Waals surface area contributed by atoms with Crippen LogP contribution in [0.25, 0.3) is 0 Å². The van der Waals surface area contributed by atoms with Gasteiger partial charge < -0.3 is 4.74 Å². The maximum atomic E-state index is 12.2. The maximum Gasteiger partial charge on any atom is 0.327 e. The third-order valence-corrected chi connectivity index (χ3v) is 5.82. The summed E-state index contributed by atoms with van der Waals surface area (Å²) in [7, 11) is -3.13. The Labute approximate surface area is 115 Å². The highest BCUT2D eigenvalue weighted by molar-refractivity contribution is 7.91. The number of sulfone groups is 1. The Morgan fingerprint density at radius 2 is 2.00 bits per heavy atom. The van der Waals surface area contributed by atoms with Gasteiger partial charge in [0.25, 0.3) is 0 Å². The van der Waals surface area contributed by atoms with Crippen LogP contribution in [0.5, 0.6) is 0 Å². The predicted molar refractivity (Wildman–Crippen MR) is 72.6 cm³/mol. The van der Waals surface area contributed by atoms with Crippen LogP contribution in [0.15, 0.2) is 0 Å². The minimum Gasteiger partial charge on any atom is -0.465 e. The summed E-state index contributed by atoms with van der Waals surface area (Å²) in [5, 5.41) is 3.32. The number of hydrogen-bond acceptors (Lipinski definition) is 5. The molecule has 1 atom stereocenters. The van der Waals surface area contributed by atoms with Crippen LogP contribution >= 0.6 is 0 Å². The zero-order chi connectivity index (χ0) is 13.9. The van der Waals surface area contributed by atoms with E-state index >= 15 is 0 Å². The Hall–Kier alpha value is -0.620. The lowest BCUT2D eigenvalue weighted by Gasteiger charge is -2.33. The van der Waals surface area contributed by atoms with Gasteiger partial charge >= 0.3 is 5.97 Å². The molecule has 5 nitrogen and oxygen atoms in total. The van der Waals surface area contributed by atoms with Crippen molar-refractivity contribution in [2.24, 2.45) is 0 Å². The smallest absolute Gasteiger partial charge is 0.327 e. The molecule has 0 aromatic rings. The summed E-state index contributed by atoms with van der Waals surface area (Å²) in [4.78, 5) is 12.2. The lowest BCUT2D eigenvalue weighted by molar-refractivity contribution is -0.150. The zero-order valence-corrected chi connectivity index (χ0v) is 12.3. The Balaban J connectivity index is 2.12. The van der Waals surface area contributed by atoms with Crippen molar-refractivity contribution in [3.63, 3.8) is 0 Å². The molecule has 2 aliphatic rings. The normalized spacial score (nSPS) is 31.2. The Morgan fingerprint density at radius 1 is 1.32 bits per heavy atom. The van der Waals surface area contributed by atoms with Gasteiger partial charge in [0.1, 0.15) is 5.54 Å². The Bertz CT molecular complexity index is 428. The van der Waals surface area contributed by atoms with Crippen molar-refractivity contribution < 1.29 is 17.9 Å². The first-order valence-corrected chi connectivity index (χ1v) is 8.95. The summed E-state index contributed by atoms with van der Waals surface area (Å²) in [5.74, 6) is -0.442. The van der Waals surface area contributed by atoms with Crippen LogP contribution in [0.1, 0.15) is 45.4 Å². The molecular weight excluding hydrogens is 266 g/mol. The Kier molecular flexibility index (Phi) is 4.50. The second-order valence-corrected chi connectivity index (χ2v) is 7.81. The van der Waals surface area contributed by atoms with Crippen molar-refractivity contribution in [3.8, 4) is 0 Å². The summed E-state index contributed by atoms with van der Waals surface area (Å²) in [6.07, 6.45) is 5.88. The minimum atomic E-state index is -3.13. The van der Waals surface area contributed by atoms with E-state index in [4.69, 9.17) is 4.74 Å². The van der Waals surface area contributed by atoms with E-state index in [2.05, 4.69) is 5.32 Å². The SMILES string of the molecule is CCOC(=O)C1(NC2CCCCC2)CCS(=O)(=O)C1. The highest BCUT2D eigenvalue weighted by Crippen LogP contribution is 2.28. The van der Waals surface area contributed by atoms with E-state index in [0.717, 1.165) is 25.7 Å². The van der Waals surface area contributed by atoms with Gasteiger partial charge in [0, 0.05) is 6.04 Å². The predicted octanol–water partition coefficient (Wildman–Crippen LogP) is 1.03. The average molecular weight is 289 g/mol. The van der Waals surface area contributed by atoms with Gasteiger partial charge in [0.15, 0.2) is 9.84 Å². The van der Waals surface area contributed by atoms with Crippen LogP contribution in [-0.2, 0) is 19.4 Å². The van der Waals surface area contributed by atoms with Gasteiger partial charge in [-0.2, -0.15) is 0 Å². The molecule has 1 heterocycles. The van der Waals surface area contributed by atoms with Gasteiger partial charge in [-0.3, -0.25) is 10.1 Å². The van der Waals surface area contributed by atoms with Crippen molar-refractivity contribution in [1.29, 1.82) is 0 Å². The van der Waals surface area contributed by atoms with Crippen LogP contribution < -0.4 is 5.32 Å². The molecule has 0 bridgehead atoms. The number of esters is 1. The molecule has 1 unspecified atom stereocenters. The molecule has 19 heavy (non-hydrogen) atoms. The number of carbonyl (C=O) groups excluding carboxylic acids is 1. The van der Waals surface area contributed by atoms with E-state index in [9.17, 15) is 13.2 Å². The molecule has 0 aromatic carbocycles. The molecule has 1 aliphatic heterocycles. The van der Waals surface area contributed by atoms with Crippen molar-refractivity contribution in [1.82, 2.24) is 5.32 Å². The maximum absolute atomic E-state index is 12.2. The summed E-state index contributed by atoms with van der Waals surface area (Å²) < 4.78 is 28.6. The zero-order valence-electron chi connectivity index (χ0n) is 11.5. The quantitative estimate of drug-likeness (QED) is 0.783. The first-order chi connectivity index (χ1) is 8.97. The molecule has 0 aromatic heterocycles. The third kappa shape index (κ3) is 3.48. The lowest BCUT2D eigenvalue weighted by atomic mass is 9.90. The molecule has 2 rings (SSSR count). The topological polar surface area (TPSA) is 72.5 Å². The summed E-state index contributed by atoms with van der Waals surface area (Å²) in [6.45, 7) is 2.03. The standard InChI is InChI=1S/C13H23NO4S/c1-2-18-12(15)13(8-9-19(16,17)10-13)14-11-6-4-3-5-7-11/h11,14H,2-10H2,1H3. The van der Waals surface area contributed by atoms with E-state index in [0.29, 0.717) is 6.42 Å². The van der Waals surface area contributed by atoms with Crippen LogP contribution in [0.2, 0.25) is 0 Å². The molecule has 110 valence electrons. The second kappa shape index (κ2) is 5.79. The summed E-state index contributed by atoms with van der Waals surface area (Å²) in [5.41, 5.74) is -1.00. The van der Waals surface area contributed by atoms with Crippen LogP contribution in [0.4, 0.5) is 0 Å². The monoisotopic (exact) mass is 289 g/mol. The lowest BCUT2D eigenvalue weighted by Crippen LogP contribution is -2.58. The van der Waals surface area contributed by atoms with Gasteiger partial charge in [-0.05, 0) is 26.2 Å². The van der Waals surface area contributed by atoms with Gasteiger partial charge in [0.2, 0.25) is 0 Å². The molecule has 1 saturated heterocycles. The van der Waals surface area contributed by atoms with Gasteiger partial charge in [0.05, 0.1) is 18.1 Å². The molecule has 0 radical (unpaired) electrons. The largest absolute Gasteiger partial charge is 0.465 e. The van der Waals surface area contributed by atoms with Crippen molar-refractivity contribution in [3.05, 3.63) is 0 Å². The molecule has 1 N–H and O–H groups in total. The first kappa shape index (κ1) is 14.8. The van der Waals surface area contributed by atoms with Crippen LogP contribution in [-0.4, -0.2) is 44.1 Å². The summed E-state index contributed by atoms with van der Waals surface area (Å²) in [6, 6.07) is 0.242. The number of hydrogen-bond donors (Lipinski definition) is 1. The molecule has 1 saturated carbocycles. The number of nitrogens with one attached hydrogen (secondary N) is 1. The van der Waals surface area contributed by atoms with E-state index in [1.807, 2.05) is 0 Å². The molecule has 2 fully saturated rings. The van der Waals surface area contributed by atoms with E-state index in [1.165, 1.54) is 6.42 Å². The molecule has 6 heteroatoms. The molecule has 0 spiro atoms. The van der Waals surface area contributed by atoms with Crippen molar-refractivity contribution in [2.45, 2.75) is 57.0 Å². The fourth-order valence-corrected chi connectivity index (χ4v) is 4.99. The van der Waals surface area contributed by atoms with Gasteiger partial charge in [-0.15, -0.1) is 0 Å². The number of carbonyl (C=O) groups is 1. The summed E-state index contributed by atoms with van der Waals surface area (Å²) >= 11 is 0. The van der Waals surface area contributed by atoms with Crippen LogP contribution in [0.3, 0.4) is 0 Å². The second-order valence-electron chi connectivity index (χ2n) is 5.62. The van der Waals surface area contributed by atoms with E-state index in [1.54, 1.807) is 6.92 Å². The Morgan fingerprint density at radius 3 is 2.53 bits per heavy atom. The first-order valence-electron chi connectivity index (χ1n) is 7.13.